The number of carbonyl (C=O) groups is 1. The molecule has 1 aromatic carbocycles. The summed E-state index contributed by atoms with van der Waals surface area (Å²) in [4.78, 5) is 11.4. The van der Waals surface area contributed by atoms with Crippen molar-refractivity contribution in [2.45, 2.75) is 45.4 Å². The number of aryl methyl sites for hydroxylation is 1. The molecule has 0 aromatic heterocycles. The first kappa shape index (κ1) is 17.7. The number of rotatable bonds is 7. The number of amides is 1. The lowest BCUT2D eigenvalue weighted by atomic mass is 10.2. The topological polar surface area (TPSA) is 66.5 Å². The van der Waals surface area contributed by atoms with Gasteiger partial charge in [0.05, 0.1) is 4.90 Å². The highest BCUT2D eigenvalue weighted by molar-refractivity contribution is 7.89. The molecular formula is C15H24N2O3S. The number of benzene rings is 1. The van der Waals surface area contributed by atoms with Crippen LogP contribution in [-0.2, 0) is 14.8 Å². The largest absolute Gasteiger partial charge is 0.326 e. The molecule has 21 heavy (non-hydrogen) atoms. The molecule has 1 aromatic rings. The summed E-state index contributed by atoms with van der Waals surface area (Å²) >= 11 is 0. The zero-order chi connectivity index (χ0) is 16.0. The maximum absolute atomic E-state index is 12.8. The van der Waals surface area contributed by atoms with Crippen molar-refractivity contribution in [2.24, 2.45) is 0 Å². The zero-order valence-electron chi connectivity index (χ0n) is 13.1. The van der Waals surface area contributed by atoms with Crippen molar-refractivity contribution in [3.8, 4) is 0 Å². The van der Waals surface area contributed by atoms with Crippen LogP contribution in [0.1, 0.15) is 39.2 Å². The van der Waals surface area contributed by atoms with Gasteiger partial charge in [-0.15, -0.1) is 0 Å². The lowest BCUT2D eigenvalue weighted by Gasteiger charge is -2.22. The van der Waals surface area contributed by atoms with Gasteiger partial charge in [-0.2, -0.15) is 4.31 Å². The lowest BCUT2D eigenvalue weighted by molar-refractivity contribution is -0.114. The van der Waals surface area contributed by atoms with Gasteiger partial charge in [0.25, 0.3) is 0 Å². The summed E-state index contributed by atoms with van der Waals surface area (Å²) in [6, 6.07) is 4.96. The molecule has 1 N–H and O–H groups in total. The van der Waals surface area contributed by atoms with Crippen molar-refractivity contribution in [3.05, 3.63) is 23.8 Å². The van der Waals surface area contributed by atoms with E-state index in [-0.39, 0.29) is 10.8 Å². The smallest absolute Gasteiger partial charge is 0.243 e. The minimum absolute atomic E-state index is 0.221. The van der Waals surface area contributed by atoms with Gasteiger partial charge in [-0.25, -0.2) is 8.42 Å². The highest BCUT2D eigenvalue weighted by atomic mass is 32.2. The van der Waals surface area contributed by atoms with E-state index >= 15 is 0 Å². The summed E-state index contributed by atoms with van der Waals surface area (Å²) in [6.07, 6.45) is 1.54. The van der Waals surface area contributed by atoms with Gasteiger partial charge in [-0.3, -0.25) is 4.79 Å². The molecule has 118 valence electrons. The van der Waals surface area contributed by atoms with Crippen LogP contribution in [0, 0.1) is 6.92 Å². The summed E-state index contributed by atoms with van der Waals surface area (Å²) in [5, 5.41) is 2.63. The highest BCUT2D eigenvalue weighted by Crippen LogP contribution is 2.24. The maximum atomic E-state index is 12.8. The third-order valence-corrected chi connectivity index (χ3v) is 5.11. The van der Waals surface area contributed by atoms with Crippen LogP contribution in [0.15, 0.2) is 23.1 Å². The van der Waals surface area contributed by atoms with Crippen molar-refractivity contribution in [1.29, 1.82) is 0 Å². The second-order valence-corrected chi connectivity index (χ2v) is 6.97. The molecule has 0 radical (unpaired) electrons. The van der Waals surface area contributed by atoms with Gasteiger partial charge in [0.2, 0.25) is 15.9 Å². The second-order valence-electron chi connectivity index (χ2n) is 5.07. The number of hydrogen-bond acceptors (Lipinski definition) is 3. The highest BCUT2D eigenvalue weighted by Gasteiger charge is 2.25. The summed E-state index contributed by atoms with van der Waals surface area (Å²) < 4.78 is 27.1. The summed E-state index contributed by atoms with van der Waals surface area (Å²) in [5.41, 5.74) is 1.18. The Balaban J connectivity index is 3.24. The molecule has 0 aliphatic heterocycles. The Kier molecular flexibility index (Phi) is 6.36. The van der Waals surface area contributed by atoms with Crippen molar-refractivity contribution in [2.75, 3.05) is 18.4 Å². The molecule has 0 spiro atoms. The van der Waals surface area contributed by atoms with E-state index in [1.165, 1.54) is 17.3 Å². The van der Waals surface area contributed by atoms with Crippen molar-refractivity contribution >= 4 is 21.6 Å². The molecule has 0 saturated carbocycles. The fourth-order valence-corrected chi connectivity index (χ4v) is 4.02. The van der Waals surface area contributed by atoms with Gasteiger partial charge >= 0.3 is 0 Å². The minimum atomic E-state index is -3.53. The molecule has 1 rings (SSSR count). The molecule has 0 aliphatic carbocycles. The molecule has 0 saturated heterocycles. The average molecular weight is 312 g/mol. The molecule has 0 unspecified atom stereocenters. The maximum Gasteiger partial charge on any atom is 0.243 e. The Morgan fingerprint density at radius 1 is 1.19 bits per heavy atom. The first-order valence-electron chi connectivity index (χ1n) is 7.21. The SMILES string of the molecule is CCCN(CCC)S(=O)(=O)c1cc(NC(C)=O)ccc1C. The Bertz CT molecular complexity index is 591. The van der Waals surface area contributed by atoms with E-state index in [1.54, 1.807) is 19.1 Å². The molecule has 0 bridgehead atoms. The monoisotopic (exact) mass is 312 g/mol. The Morgan fingerprint density at radius 3 is 2.24 bits per heavy atom. The minimum Gasteiger partial charge on any atom is -0.326 e. The van der Waals surface area contributed by atoms with Crippen LogP contribution >= 0.6 is 0 Å². The van der Waals surface area contributed by atoms with E-state index < -0.39 is 10.0 Å². The summed E-state index contributed by atoms with van der Waals surface area (Å²) in [5.74, 6) is -0.221. The molecule has 5 nitrogen and oxygen atoms in total. The number of carbonyl (C=O) groups excluding carboxylic acids is 1. The Labute approximate surface area is 127 Å². The third-order valence-electron chi connectivity index (χ3n) is 3.07. The molecule has 0 fully saturated rings. The van der Waals surface area contributed by atoms with Gasteiger partial charge < -0.3 is 5.32 Å². The summed E-state index contributed by atoms with van der Waals surface area (Å²) in [6.45, 7) is 8.08. The zero-order valence-corrected chi connectivity index (χ0v) is 14.0. The number of nitrogens with zero attached hydrogens (tertiary/aromatic N) is 1. The Hall–Kier alpha value is -1.40. The normalized spacial score (nSPS) is 11.7. The van der Waals surface area contributed by atoms with E-state index in [9.17, 15) is 13.2 Å². The van der Waals surface area contributed by atoms with Gasteiger partial charge in [0, 0.05) is 25.7 Å². The number of nitrogens with one attached hydrogen (secondary N) is 1. The lowest BCUT2D eigenvalue weighted by Crippen LogP contribution is -2.33. The van der Waals surface area contributed by atoms with Crippen LogP contribution < -0.4 is 5.32 Å². The molecule has 1 amide bonds. The fraction of sp³-hybridized carbons (Fsp3) is 0.533. The predicted octanol–water partition coefficient (Wildman–Crippen LogP) is 2.76. The first-order valence-corrected chi connectivity index (χ1v) is 8.65. The average Bonchev–Trinajstić information content (AvgIpc) is 2.40. The number of anilines is 1. The standard InChI is InChI=1S/C15H24N2O3S/c1-5-9-17(10-6-2)21(19,20)15-11-14(16-13(4)18)8-7-12(15)3/h7-8,11H,5-6,9-10H2,1-4H3,(H,16,18). The van der Waals surface area contributed by atoms with Crippen LogP contribution in [0.2, 0.25) is 0 Å². The molecular weight excluding hydrogens is 288 g/mol. The van der Waals surface area contributed by atoms with Crippen molar-refractivity contribution in [1.82, 2.24) is 4.31 Å². The number of hydrogen-bond donors (Lipinski definition) is 1. The van der Waals surface area contributed by atoms with Gasteiger partial charge in [-0.1, -0.05) is 19.9 Å². The molecule has 0 heterocycles. The second kappa shape index (κ2) is 7.56. The van der Waals surface area contributed by atoms with Gasteiger partial charge in [0.1, 0.15) is 0 Å². The van der Waals surface area contributed by atoms with E-state index in [1.807, 2.05) is 13.8 Å². The van der Waals surface area contributed by atoms with Gasteiger partial charge in [-0.05, 0) is 37.5 Å². The van der Waals surface area contributed by atoms with Crippen molar-refractivity contribution < 1.29 is 13.2 Å². The summed E-state index contributed by atoms with van der Waals surface area (Å²) in [7, 11) is -3.53. The van der Waals surface area contributed by atoms with Crippen LogP contribution in [0.4, 0.5) is 5.69 Å². The van der Waals surface area contributed by atoms with Crippen LogP contribution in [-0.4, -0.2) is 31.7 Å². The fourth-order valence-electron chi connectivity index (χ4n) is 2.15. The van der Waals surface area contributed by atoms with E-state index in [0.717, 1.165) is 12.8 Å². The predicted molar refractivity (Wildman–Crippen MR) is 84.8 cm³/mol. The molecule has 6 heteroatoms. The van der Waals surface area contributed by atoms with Crippen LogP contribution in [0.3, 0.4) is 0 Å². The molecule has 0 aliphatic rings. The van der Waals surface area contributed by atoms with E-state index in [2.05, 4.69) is 5.32 Å². The first-order chi connectivity index (χ1) is 9.82. The molecule has 0 atom stereocenters. The van der Waals surface area contributed by atoms with Crippen molar-refractivity contribution in [3.63, 3.8) is 0 Å². The van der Waals surface area contributed by atoms with E-state index in [0.29, 0.717) is 24.3 Å². The van der Waals surface area contributed by atoms with Crippen LogP contribution in [0.25, 0.3) is 0 Å². The number of sulfonamides is 1. The van der Waals surface area contributed by atoms with Gasteiger partial charge in [0.15, 0.2) is 0 Å². The quantitative estimate of drug-likeness (QED) is 0.842. The Morgan fingerprint density at radius 2 is 1.76 bits per heavy atom. The van der Waals surface area contributed by atoms with Crippen LogP contribution in [0.5, 0.6) is 0 Å². The van der Waals surface area contributed by atoms with E-state index in [4.69, 9.17) is 0 Å². The third kappa shape index (κ3) is 4.54.